The van der Waals surface area contributed by atoms with Crippen LogP contribution < -0.4 is 10.6 Å². The fraction of sp³-hybridized carbons (Fsp3) is 0.429. The van der Waals surface area contributed by atoms with Crippen LogP contribution in [0, 0.1) is 13.8 Å². The highest BCUT2D eigenvalue weighted by atomic mass is 32.2. The number of urea groups is 1. The largest absolute Gasteiger partial charge is 0.480 e. The van der Waals surface area contributed by atoms with Gasteiger partial charge in [-0.15, -0.1) is 0 Å². The van der Waals surface area contributed by atoms with Gasteiger partial charge in [0.05, 0.1) is 0 Å². The number of aliphatic carboxylic acids is 1. The van der Waals surface area contributed by atoms with Crippen molar-refractivity contribution in [1.82, 2.24) is 5.32 Å². The Morgan fingerprint density at radius 1 is 1.25 bits per heavy atom. The van der Waals surface area contributed by atoms with Crippen LogP contribution in [0.1, 0.15) is 17.5 Å². The van der Waals surface area contributed by atoms with Crippen LogP contribution >= 0.6 is 11.8 Å². The van der Waals surface area contributed by atoms with Crippen molar-refractivity contribution in [2.24, 2.45) is 0 Å². The van der Waals surface area contributed by atoms with Crippen LogP contribution in [0.3, 0.4) is 0 Å². The maximum atomic E-state index is 11.8. The first kappa shape index (κ1) is 16.4. The number of hydrogen-bond acceptors (Lipinski definition) is 3. The van der Waals surface area contributed by atoms with Crippen molar-refractivity contribution in [3.63, 3.8) is 0 Å². The van der Waals surface area contributed by atoms with Gasteiger partial charge >= 0.3 is 12.0 Å². The second-order valence-corrected chi connectivity index (χ2v) is 5.63. The Kier molecular flexibility index (Phi) is 6.38. The minimum absolute atomic E-state index is 0.400. The molecule has 1 unspecified atom stereocenters. The van der Waals surface area contributed by atoms with Gasteiger partial charge in [-0.2, -0.15) is 11.8 Å². The van der Waals surface area contributed by atoms with Crippen LogP contribution in [0.2, 0.25) is 0 Å². The van der Waals surface area contributed by atoms with Gasteiger partial charge in [0.2, 0.25) is 0 Å². The van der Waals surface area contributed by atoms with Crippen LogP contribution in [-0.4, -0.2) is 35.2 Å². The average molecular weight is 296 g/mol. The number of carbonyl (C=O) groups is 2. The van der Waals surface area contributed by atoms with E-state index in [2.05, 4.69) is 10.6 Å². The number of rotatable bonds is 6. The van der Waals surface area contributed by atoms with E-state index in [1.807, 2.05) is 38.3 Å². The van der Waals surface area contributed by atoms with Gasteiger partial charge in [-0.05, 0) is 55.5 Å². The first-order valence-electron chi connectivity index (χ1n) is 6.30. The van der Waals surface area contributed by atoms with Gasteiger partial charge in [0, 0.05) is 5.69 Å². The Morgan fingerprint density at radius 2 is 1.85 bits per heavy atom. The third-order valence-electron chi connectivity index (χ3n) is 2.69. The van der Waals surface area contributed by atoms with E-state index in [-0.39, 0.29) is 0 Å². The molecular formula is C14H20N2O3S. The molecule has 0 aliphatic rings. The van der Waals surface area contributed by atoms with Crippen molar-refractivity contribution in [1.29, 1.82) is 0 Å². The van der Waals surface area contributed by atoms with E-state index in [4.69, 9.17) is 5.11 Å². The van der Waals surface area contributed by atoms with Gasteiger partial charge in [0.25, 0.3) is 0 Å². The van der Waals surface area contributed by atoms with Crippen LogP contribution in [0.15, 0.2) is 18.2 Å². The smallest absolute Gasteiger partial charge is 0.326 e. The molecule has 1 aromatic rings. The summed E-state index contributed by atoms with van der Waals surface area (Å²) in [4.78, 5) is 22.9. The lowest BCUT2D eigenvalue weighted by Gasteiger charge is -2.15. The van der Waals surface area contributed by atoms with Crippen molar-refractivity contribution in [3.8, 4) is 0 Å². The topological polar surface area (TPSA) is 78.4 Å². The summed E-state index contributed by atoms with van der Waals surface area (Å²) >= 11 is 1.55. The molecule has 5 nitrogen and oxygen atoms in total. The Hall–Kier alpha value is -1.69. The van der Waals surface area contributed by atoms with Crippen molar-refractivity contribution in [2.45, 2.75) is 26.3 Å². The Bertz CT molecular complexity index is 471. The second-order valence-electron chi connectivity index (χ2n) is 4.65. The molecule has 1 rings (SSSR count). The maximum Gasteiger partial charge on any atom is 0.326 e. The van der Waals surface area contributed by atoms with Gasteiger partial charge in [0.1, 0.15) is 6.04 Å². The van der Waals surface area contributed by atoms with E-state index >= 15 is 0 Å². The maximum absolute atomic E-state index is 11.8. The van der Waals surface area contributed by atoms with E-state index in [1.54, 1.807) is 11.8 Å². The lowest BCUT2D eigenvalue weighted by atomic mass is 10.1. The molecule has 20 heavy (non-hydrogen) atoms. The lowest BCUT2D eigenvalue weighted by molar-refractivity contribution is -0.139. The highest BCUT2D eigenvalue weighted by Crippen LogP contribution is 2.13. The SMILES string of the molecule is CSCCC(NC(=O)Nc1cc(C)cc(C)c1)C(=O)O. The van der Waals surface area contributed by atoms with Gasteiger partial charge in [0.15, 0.2) is 0 Å². The molecule has 0 saturated heterocycles. The minimum atomic E-state index is -1.02. The van der Waals surface area contributed by atoms with Gasteiger partial charge < -0.3 is 15.7 Å². The van der Waals surface area contributed by atoms with Crippen molar-refractivity contribution in [3.05, 3.63) is 29.3 Å². The number of thioether (sulfide) groups is 1. The summed E-state index contributed by atoms with van der Waals surface area (Å²) in [6, 6.07) is 4.31. The number of amides is 2. The Balaban J connectivity index is 2.63. The molecule has 2 amide bonds. The van der Waals surface area contributed by atoms with Gasteiger partial charge in [-0.1, -0.05) is 6.07 Å². The molecule has 0 aromatic heterocycles. The number of carboxylic acids is 1. The lowest BCUT2D eigenvalue weighted by Crippen LogP contribution is -2.43. The number of carboxylic acid groups (broad SMARTS) is 1. The zero-order chi connectivity index (χ0) is 15.1. The van der Waals surface area contributed by atoms with E-state index in [0.29, 0.717) is 17.9 Å². The summed E-state index contributed by atoms with van der Waals surface area (Å²) in [6.45, 7) is 3.88. The number of carbonyl (C=O) groups excluding carboxylic acids is 1. The fourth-order valence-corrected chi connectivity index (χ4v) is 2.34. The molecule has 3 N–H and O–H groups in total. The van der Waals surface area contributed by atoms with E-state index < -0.39 is 18.0 Å². The quantitative estimate of drug-likeness (QED) is 0.754. The summed E-state index contributed by atoms with van der Waals surface area (Å²) in [7, 11) is 0. The highest BCUT2D eigenvalue weighted by Gasteiger charge is 2.19. The molecular weight excluding hydrogens is 276 g/mol. The predicted molar refractivity (Wildman–Crippen MR) is 82.5 cm³/mol. The fourth-order valence-electron chi connectivity index (χ4n) is 1.87. The molecule has 110 valence electrons. The van der Waals surface area contributed by atoms with E-state index in [0.717, 1.165) is 11.1 Å². The molecule has 1 aromatic carbocycles. The molecule has 0 aliphatic carbocycles. The summed E-state index contributed by atoms with van der Waals surface area (Å²) in [5.74, 6) is -0.338. The van der Waals surface area contributed by atoms with Crippen LogP contribution in [-0.2, 0) is 4.79 Å². The minimum Gasteiger partial charge on any atom is -0.480 e. The van der Waals surface area contributed by atoms with Crippen molar-refractivity contribution >= 4 is 29.4 Å². The van der Waals surface area contributed by atoms with Crippen molar-refractivity contribution in [2.75, 3.05) is 17.3 Å². The van der Waals surface area contributed by atoms with Crippen LogP contribution in [0.5, 0.6) is 0 Å². The standard InChI is InChI=1S/C14H20N2O3S/c1-9-6-10(2)8-11(7-9)15-14(19)16-12(13(17)18)4-5-20-3/h6-8,12H,4-5H2,1-3H3,(H,17,18)(H2,15,16,19). The molecule has 0 radical (unpaired) electrons. The normalized spacial score (nSPS) is 11.8. The van der Waals surface area contributed by atoms with Crippen LogP contribution in [0.25, 0.3) is 0 Å². The molecule has 0 bridgehead atoms. The summed E-state index contributed by atoms with van der Waals surface area (Å²) in [5.41, 5.74) is 2.74. The molecule has 0 aliphatic heterocycles. The number of hydrogen-bond donors (Lipinski definition) is 3. The Morgan fingerprint density at radius 3 is 2.35 bits per heavy atom. The molecule has 0 fully saturated rings. The molecule has 0 spiro atoms. The number of anilines is 1. The zero-order valence-corrected chi connectivity index (χ0v) is 12.7. The third-order valence-corrected chi connectivity index (χ3v) is 3.34. The van der Waals surface area contributed by atoms with Crippen molar-refractivity contribution < 1.29 is 14.7 Å². The van der Waals surface area contributed by atoms with E-state index in [9.17, 15) is 9.59 Å². The Labute approximate surface area is 123 Å². The number of aryl methyl sites for hydroxylation is 2. The summed E-state index contributed by atoms with van der Waals surface area (Å²) in [6.07, 6.45) is 2.30. The summed E-state index contributed by atoms with van der Waals surface area (Å²) < 4.78 is 0. The molecule has 0 saturated carbocycles. The van der Waals surface area contributed by atoms with Gasteiger partial charge in [-0.3, -0.25) is 0 Å². The number of nitrogens with one attached hydrogen (secondary N) is 2. The number of benzene rings is 1. The van der Waals surface area contributed by atoms with E-state index in [1.165, 1.54) is 0 Å². The predicted octanol–water partition coefficient (Wildman–Crippen LogP) is 2.63. The third kappa shape index (κ3) is 5.52. The van der Waals surface area contributed by atoms with Gasteiger partial charge in [-0.25, -0.2) is 9.59 Å². The summed E-state index contributed by atoms with van der Waals surface area (Å²) in [5, 5.41) is 14.2. The van der Waals surface area contributed by atoms with Crippen LogP contribution in [0.4, 0.5) is 10.5 Å². The average Bonchev–Trinajstić information content (AvgIpc) is 2.32. The molecule has 0 heterocycles. The second kappa shape index (κ2) is 7.79. The molecule has 1 atom stereocenters. The zero-order valence-electron chi connectivity index (χ0n) is 11.9. The monoisotopic (exact) mass is 296 g/mol. The molecule has 6 heteroatoms. The first-order chi connectivity index (χ1) is 9.42. The highest BCUT2D eigenvalue weighted by molar-refractivity contribution is 7.98. The first-order valence-corrected chi connectivity index (χ1v) is 7.69.